The summed E-state index contributed by atoms with van der Waals surface area (Å²) in [4.78, 5) is 0. The topological polar surface area (TPSA) is 3.01 Å². The molecule has 0 radical (unpaired) electrons. The van der Waals surface area contributed by atoms with E-state index >= 15 is 0 Å². The first kappa shape index (κ1) is 16.3. The Bertz CT molecular complexity index is 413. The molecule has 2 saturated carbocycles. The largest absolute Gasteiger partial charge is 0.233 e. The maximum Gasteiger partial charge on any atom is 0.179 e. The van der Waals surface area contributed by atoms with Gasteiger partial charge in [0.1, 0.15) is 13.1 Å². The molecule has 22 heavy (non-hydrogen) atoms. The van der Waals surface area contributed by atoms with E-state index in [0.717, 1.165) is 5.92 Å². The number of piperidine rings is 1. The Morgan fingerprint density at radius 3 is 2.36 bits per heavy atom. The van der Waals surface area contributed by atoms with Gasteiger partial charge in [-0.05, 0) is 50.9 Å². The van der Waals surface area contributed by atoms with Gasteiger partial charge in [0, 0.05) is 24.8 Å². The van der Waals surface area contributed by atoms with Crippen LogP contribution < -0.4 is 0 Å². The van der Waals surface area contributed by atoms with Crippen LogP contribution in [0, 0.1) is 5.92 Å². The van der Waals surface area contributed by atoms with Crippen LogP contribution in [0.3, 0.4) is 0 Å². The molecule has 0 amide bonds. The van der Waals surface area contributed by atoms with E-state index in [1.807, 2.05) is 11.1 Å². The molecule has 1 atom stereocenters. The van der Waals surface area contributed by atoms with E-state index < -0.39 is 0 Å². The summed E-state index contributed by atoms with van der Waals surface area (Å²) in [6.45, 7) is 5.00. The van der Waals surface area contributed by atoms with Crippen LogP contribution in [0.4, 0.5) is 0 Å². The van der Waals surface area contributed by atoms with E-state index in [1.54, 1.807) is 5.71 Å². The third kappa shape index (κ3) is 4.03. The molecular formula is C21H36N+. The van der Waals surface area contributed by atoms with Crippen LogP contribution in [0.1, 0.15) is 96.8 Å². The zero-order valence-corrected chi connectivity index (χ0v) is 14.8. The van der Waals surface area contributed by atoms with Crippen LogP contribution in [-0.4, -0.2) is 23.4 Å². The summed E-state index contributed by atoms with van der Waals surface area (Å²) < 4.78 is 2.79. The number of unbranched alkanes of at least 4 members (excludes halogenated alkanes) is 3. The van der Waals surface area contributed by atoms with Crippen molar-refractivity contribution in [3.05, 3.63) is 11.1 Å². The molecule has 1 heteroatoms. The molecule has 124 valence electrons. The predicted molar refractivity (Wildman–Crippen MR) is 95.8 cm³/mol. The van der Waals surface area contributed by atoms with E-state index in [9.17, 15) is 0 Å². The minimum absolute atomic E-state index is 0.969. The van der Waals surface area contributed by atoms with Crippen molar-refractivity contribution in [2.75, 3.05) is 13.1 Å². The molecule has 1 unspecified atom stereocenters. The monoisotopic (exact) mass is 302 g/mol. The first-order valence-corrected chi connectivity index (χ1v) is 10.2. The van der Waals surface area contributed by atoms with E-state index in [-0.39, 0.29) is 0 Å². The Morgan fingerprint density at radius 2 is 1.64 bits per heavy atom. The van der Waals surface area contributed by atoms with E-state index in [4.69, 9.17) is 0 Å². The first-order chi connectivity index (χ1) is 10.9. The van der Waals surface area contributed by atoms with Crippen molar-refractivity contribution in [2.45, 2.75) is 96.8 Å². The van der Waals surface area contributed by atoms with Crippen molar-refractivity contribution in [1.29, 1.82) is 0 Å². The van der Waals surface area contributed by atoms with Gasteiger partial charge in [0.15, 0.2) is 5.71 Å². The zero-order chi connectivity index (χ0) is 15.2. The average molecular weight is 303 g/mol. The van der Waals surface area contributed by atoms with Gasteiger partial charge in [-0.25, -0.2) is 4.58 Å². The maximum absolute atomic E-state index is 2.79. The Balaban J connectivity index is 1.70. The molecule has 2 aliphatic carbocycles. The number of rotatable bonds is 5. The summed E-state index contributed by atoms with van der Waals surface area (Å²) in [6.07, 6.45) is 20.1. The highest BCUT2D eigenvalue weighted by Gasteiger charge is 2.34. The lowest BCUT2D eigenvalue weighted by atomic mass is 9.98. The Hall–Kier alpha value is -0.590. The van der Waals surface area contributed by atoms with Crippen molar-refractivity contribution in [3.63, 3.8) is 0 Å². The molecule has 3 rings (SSSR count). The second-order valence-corrected chi connectivity index (χ2v) is 7.91. The molecule has 1 saturated heterocycles. The molecule has 3 fully saturated rings. The smallest absolute Gasteiger partial charge is 0.179 e. The fraction of sp³-hybridized carbons (Fsp3) is 0.857. The van der Waals surface area contributed by atoms with E-state index in [0.29, 0.717) is 0 Å². The highest BCUT2D eigenvalue weighted by Crippen LogP contribution is 2.39. The molecule has 0 aromatic heterocycles. The van der Waals surface area contributed by atoms with Crippen LogP contribution in [0.25, 0.3) is 0 Å². The Labute approximate surface area is 137 Å². The van der Waals surface area contributed by atoms with Crippen molar-refractivity contribution in [3.8, 4) is 0 Å². The lowest BCUT2D eigenvalue weighted by molar-refractivity contribution is -0.537. The lowest BCUT2D eigenvalue weighted by Crippen LogP contribution is -2.27. The van der Waals surface area contributed by atoms with Gasteiger partial charge in [-0.3, -0.25) is 0 Å². The first-order valence-electron chi connectivity index (χ1n) is 10.2. The molecule has 0 bridgehead atoms. The van der Waals surface area contributed by atoms with Gasteiger partial charge < -0.3 is 0 Å². The van der Waals surface area contributed by atoms with Gasteiger partial charge >= 0.3 is 0 Å². The summed E-state index contributed by atoms with van der Waals surface area (Å²) in [6, 6.07) is 0. The molecule has 3 aliphatic rings. The molecule has 0 N–H and O–H groups in total. The molecule has 1 heterocycles. The summed E-state index contributed by atoms with van der Waals surface area (Å²) in [5.41, 5.74) is 5.51. The van der Waals surface area contributed by atoms with E-state index in [1.165, 1.54) is 103 Å². The van der Waals surface area contributed by atoms with Gasteiger partial charge in [0.05, 0.1) is 0 Å². The summed E-state index contributed by atoms with van der Waals surface area (Å²) in [5, 5.41) is 0. The lowest BCUT2D eigenvalue weighted by Gasteiger charge is -2.13. The predicted octanol–water partition coefficient (Wildman–Crippen LogP) is 5.87. The van der Waals surface area contributed by atoms with Gasteiger partial charge in [0.25, 0.3) is 0 Å². The molecule has 0 aromatic rings. The third-order valence-electron chi connectivity index (χ3n) is 6.16. The quantitative estimate of drug-likeness (QED) is 0.441. The SMILES string of the molecule is CCCCCCC1CC(=C2CCCC2)C(=[N+]2CCCCC2)C1. The number of allylic oxidation sites excluding steroid dienone is 2. The van der Waals surface area contributed by atoms with Crippen molar-refractivity contribution >= 4 is 5.71 Å². The summed E-state index contributed by atoms with van der Waals surface area (Å²) >= 11 is 0. The zero-order valence-electron chi connectivity index (χ0n) is 14.8. The number of hydrogen-bond donors (Lipinski definition) is 0. The van der Waals surface area contributed by atoms with Crippen LogP contribution in [0.2, 0.25) is 0 Å². The van der Waals surface area contributed by atoms with Crippen molar-refractivity contribution < 1.29 is 4.58 Å². The second kappa shape index (κ2) is 8.31. The summed E-state index contributed by atoms with van der Waals surface area (Å²) in [5.74, 6) is 0.969. The molecular weight excluding hydrogens is 266 g/mol. The standard InChI is InChI=1S/C21H36N/c1-2-3-4-6-11-18-16-20(19-12-7-8-13-19)21(17-18)22-14-9-5-10-15-22/h18H,2-17H2,1H3/q+1. The van der Waals surface area contributed by atoms with Gasteiger partial charge in [-0.15, -0.1) is 0 Å². The third-order valence-corrected chi connectivity index (χ3v) is 6.16. The summed E-state index contributed by atoms with van der Waals surface area (Å²) in [7, 11) is 0. The Morgan fingerprint density at radius 1 is 0.864 bits per heavy atom. The Kier molecular flexibility index (Phi) is 6.15. The van der Waals surface area contributed by atoms with Crippen LogP contribution in [0.15, 0.2) is 11.1 Å². The van der Waals surface area contributed by atoms with Crippen molar-refractivity contribution in [2.24, 2.45) is 5.92 Å². The van der Waals surface area contributed by atoms with Crippen LogP contribution in [0.5, 0.6) is 0 Å². The second-order valence-electron chi connectivity index (χ2n) is 7.91. The molecule has 1 aliphatic heterocycles. The fourth-order valence-corrected chi connectivity index (χ4v) is 4.87. The van der Waals surface area contributed by atoms with Crippen LogP contribution >= 0.6 is 0 Å². The van der Waals surface area contributed by atoms with Crippen molar-refractivity contribution in [1.82, 2.24) is 0 Å². The highest BCUT2D eigenvalue weighted by atomic mass is 15.0. The fourth-order valence-electron chi connectivity index (χ4n) is 4.87. The normalized spacial score (nSPS) is 26.3. The van der Waals surface area contributed by atoms with Crippen LogP contribution in [-0.2, 0) is 0 Å². The maximum atomic E-state index is 2.79. The number of nitrogens with zero attached hydrogens (tertiary/aromatic N) is 1. The molecule has 0 spiro atoms. The average Bonchev–Trinajstić information content (AvgIpc) is 3.21. The van der Waals surface area contributed by atoms with Gasteiger partial charge in [0.2, 0.25) is 0 Å². The van der Waals surface area contributed by atoms with E-state index in [2.05, 4.69) is 11.5 Å². The van der Waals surface area contributed by atoms with Gasteiger partial charge in [-0.1, -0.05) is 38.2 Å². The molecule has 1 nitrogen and oxygen atoms in total. The molecule has 0 aromatic carbocycles. The number of hydrogen-bond acceptors (Lipinski definition) is 0. The highest BCUT2D eigenvalue weighted by molar-refractivity contribution is 5.99. The minimum atomic E-state index is 0.969. The van der Waals surface area contributed by atoms with Gasteiger partial charge in [-0.2, -0.15) is 0 Å². The minimum Gasteiger partial charge on any atom is -0.233 e.